The number of nitrogens with zero attached hydrogens (tertiary/aromatic N) is 1. The van der Waals surface area contributed by atoms with E-state index in [-0.39, 0.29) is 17.9 Å². The molecule has 0 fully saturated rings. The Morgan fingerprint density at radius 3 is 2.81 bits per heavy atom. The van der Waals surface area contributed by atoms with Crippen molar-refractivity contribution in [3.63, 3.8) is 0 Å². The molecule has 1 aromatic carbocycles. The van der Waals surface area contributed by atoms with Crippen LogP contribution < -0.4 is 10.2 Å². The predicted octanol–water partition coefficient (Wildman–Crippen LogP) is 1.77. The quantitative estimate of drug-likeness (QED) is 0.721. The molecule has 4 nitrogen and oxygen atoms in total. The van der Waals surface area contributed by atoms with Gasteiger partial charge in [0.15, 0.2) is 0 Å². The molecule has 2 rings (SSSR count). The summed E-state index contributed by atoms with van der Waals surface area (Å²) in [5.74, 6) is -0.0971. The summed E-state index contributed by atoms with van der Waals surface area (Å²) in [6.07, 6.45) is 0.328. The molecule has 1 aliphatic rings. The minimum Gasteiger partial charge on any atom is -0.324 e. The molecule has 1 N–H and O–H groups in total. The summed E-state index contributed by atoms with van der Waals surface area (Å²) in [7, 11) is 0. The maximum atomic E-state index is 11.6. The number of para-hydroxylation sites is 2. The van der Waals surface area contributed by atoms with Crippen molar-refractivity contribution in [2.75, 3.05) is 10.2 Å². The molecule has 2 amide bonds. The number of nitrogens with one attached hydrogen (secondary N) is 1. The van der Waals surface area contributed by atoms with E-state index in [1.807, 2.05) is 25.1 Å². The van der Waals surface area contributed by atoms with E-state index >= 15 is 0 Å². The van der Waals surface area contributed by atoms with Crippen molar-refractivity contribution in [2.45, 2.75) is 26.3 Å². The van der Waals surface area contributed by atoms with Gasteiger partial charge < -0.3 is 10.2 Å². The van der Waals surface area contributed by atoms with Crippen molar-refractivity contribution in [3.8, 4) is 0 Å². The van der Waals surface area contributed by atoms with Gasteiger partial charge >= 0.3 is 0 Å². The third kappa shape index (κ3) is 1.78. The lowest BCUT2D eigenvalue weighted by atomic mass is 10.2. The van der Waals surface area contributed by atoms with E-state index in [4.69, 9.17) is 0 Å². The highest BCUT2D eigenvalue weighted by Crippen LogP contribution is 2.30. The van der Waals surface area contributed by atoms with Gasteiger partial charge in [-0.2, -0.15) is 0 Å². The molecule has 0 radical (unpaired) electrons. The SMILES string of the molecule is CC(=O)N1c2ccccc2NC(=O)C[C@@H]1C. The molecule has 0 spiro atoms. The summed E-state index contributed by atoms with van der Waals surface area (Å²) in [5, 5.41) is 2.80. The Labute approximate surface area is 94.2 Å². The Morgan fingerprint density at radius 1 is 1.44 bits per heavy atom. The van der Waals surface area contributed by atoms with Gasteiger partial charge in [0.05, 0.1) is 11.4 Å². The molecule has 4 heteroatoms. The van der Waals surface area contributed by atoms with E-state index in [1.165, 1.54) is 6.92 Å². The normalized spacial score (nSPS) is 19.8. The monoisotopic (exact) mass is 218 g/mol. The van der Waals surface area contributed by atoms with E-state index in [1.54, 1.807) is 11.0 Å². The lowest BCUT2D eigenvalue weighted by Gasteiger charge is -2.26. The fraction of sp³-hybridized carbons (Fsp3) is 0.333. The van der Waals surface area contributed by atoms with Crippen LogP contribution >= 0.6 is 0 Å². The lowest BCUT2D eigenvalue weighted by molar-refractivity contribution is -0.117. The highest BCUT2D eigenvalue weighted by Gasteiger charge is 2.27. The van der Waals surface area contributed by atoms with E-state index in [0.29, 0.717) is 12.1 Å². The van der Waals surface area contributed by atoms with Gasteiger partial charge in [-0.05, 0) is 19.1 Å². The average Bonchev–Trinajstić information content (AvgIpc) is 2.31. The second-order valence-electron chi connectivity index (χ2n) is 4.01. The van der Waals surface area contributed by atoms with Gasteiger partial charge in [-0.25, -0.2) is 0 Å². The molecular formula is C12H14N2O2. The second-order valence-corrected chi connectivity index (χ2v) is 4.01. The number of anilines is 2. The minimum atomic E-state index is -0.110. The average molecular weight is 218 g/mol. The van der Waals surface area contributed by atoms with Crippen molar-refractivity contribution >= 4 is 23.2 Å². The number of carbonyl (C=O) groups excluding carboxylic acids is 2. The summed E-state index contributed by atoms with van der Waals surface area (Å²) >= 11 is 0. The lowest BCUT2D eigenvalue weighted by Crippen LogP contribution is -2.37. The molecule has 84 valence electrons. The van der Waals surface area contributed by atoms with Crippen LogP contribution in [0.4, 0.5) is 11.4 Å². The van der Waals surface area contributed by atoms with Crippen LogP contribution in [0.15, 0.2) is 24.3 Å². The van der Waals surface area contributed by atoms with Crippen molar-refractivity contribution < 1.29 is 9.59 Å². The number of amides is 2. The largest absolute Gasteiger partial charge is 0.324 e. The Morgan fingerprint density at radius 2 is 2.12 bits per heavy atom. The topological polar surface area (TPSA) is 49.4 Å². The number of rotatable bonds is 0. The van der Waals surface area contributed by atoms with Gasteiger partial charge in [0, 0.05) is 19.4 Å². The molecule has 0 saturated heterocycles. The van der Waals surface area contributed by atoms with Crippen LogP contribution in [-0.4, -0.2) is 17.9 Å². The zero-order chi connectivity index (χ0) is 11.7. The van der Waals surface area contributed by atoms with Crippen LogP contribution in [0, 0.1) is 0 Å². The molecular weight excluding hydrogens is 204 g/mol. The molecule has 0 bridgehead atoms. The van der Waals surface area contributed by atoms with Crippen LogP contribution in [0.1, 0.15) is 20.3 Å². The molecule has 1 heterocycles. The number of benzene rings is 1. The van der Waals surface area contributed by atoms with Crippen molar-refractivity contribution in [2.24, 2.45) is 0 Å². The van der Waals surface area contributed by atoms with Gasteiger partial charge in [-0.1, -0.05) is 12.1 Å². The van der Waals surface area contributed by atoms with E-state index < -0.39 is 0 Å². The first-order valence-corrected chi connectivity index (χ1v) is 5.28. The zero-order valence-corrected chi connectivity index (χ0v) is 9.36. The highest BCUT2D eigenvalue weighted by molar-refractivity contribution is 6.03. The first-order chi connectivity index (χ1) is 7.59. The Hall–Kier alpha value is -1.84. The number of hydrogen-bond acceptors (Lipinski definition) is 2. The summed E-state index contributed by atoms with van der Waals surface area (Å²) < 4.78 is 0. The van der Waals surface area contributed by atoms with Crippen LogP contribution in [0.5, 0.6) is 0 Å². The van der Waals surface area contributed by atoms with Gasteiger partial charge in [-0.3, -0.25) is 9.59 Å². The molecule has 0 aromatic heterocycles. The highest BCUT2D eigenvalue weighted by atomic mass is 16.2. The van der Waals surface area contributed by atoms with E-state index in [0.717, 1.165) is 5.69 Å². The fourth-order valence-corrected chi connectivity index (χ4v) is 2.07. The van der Waals surface area contributed by atoms with Gasteiger partial charge in [0.25, 0.3) is 0 Å². The molecule has 0 unspecified atom stereocenters. The molecule has 1 atom stereocenters. The van der Waals surface area contributed by atoms with E-state index in [2.05, 4.69) is 5.32 Å². The van der Waals surface area contributed by atoms with Crippen molar-refractivity contribution in [3.05, 3.63) is 24.3 Å². The van der Waals surface area contributed by atoms with Crippen LogP contribution in [0.25, 0.3) is 0 Å². The number of hydrogen-bond donors (Lipinski definition) is 1. The molecule has 0 saturated carbocycles. The van der Waals surface area contributed by atoms with Gasteiger partial charge in [0.2, 0.25) is 11.8 Å². The number of carbonyl (C=O) groups is 2. The summed E-state index contributed by atoms with van der Waals surface area (Å²) in [4.78, 5) is 24.9. The summed E-state index contributed by atoms with van der Waals surface area (Å²) in [5.41, 5.74) is 1.47. The van der Waals surface area contributed by atoms with Crippen molar-refractivity contribution in [1.82, 2.24) is 0 Å². The first kappa shape index (κ1) is 10.7. The fourth-order valence-electron chi connectivity index (χ4n) is 2.07. The third-order valence-electron chi connectivity index (χ3n) is 2.70. The Balaban J connectivity index is 2.53. The first-order valence-electron chi connectivity index (χ1n) is 5.28. The Bertz CT molecular complexity index is 442. The Kier molecular flexibility index (Phi) is 2.64. The van der Waals surface area contributed by atoms with Gasteiger partial charge in [-0.15, -0.1) is 0 Å². The minimum absolute atomic E-state index is 0.0450. The standard InChI is InChI=1S/C12H14N2O2/c1-8-7-12(16)13-10-5-3-4-6-11(10)14(8)9(2)15/h3-6,8H,7H2,1-2H3,(H,13,16)/t8-/m0/s1. The van der Waals surface area contributed by atoms with Crippen LogP contribution in [0.2, 0.25) is 0 Å². The van der Waals surface area contributed by atoms with E-state index in [9.17, 15) is 9.59 Å². The summed E-state index contributed by atoms with van der Waals surface area (Å²) in [6.45, 7) is 3.39. The predicted molar refractivity (Wildman–Crippen MR) is 62.3 cm³/mol. The second kappa shape index (κ2) is 3.96. The third-order valence-corrected chi connectivity index (χ3v) is 2.70. The maximum absolute atomic E-state index is 11.6. The zero-order valence-electron chi connectivity index (χ0n) is 9.36. The molecule has 0 aliphatic carbocycles. The van der Waals surface area contributed by atoms with Crippen molar-refractivity contribution in [1.29, 1.82) is 0 Å². The molecule has 1 aromatic rings. The molecule has 16 heavy (non-hydrogen) atoms. The van der Waals surface area contributed by atoms with Crippen LogP contribution in [-0.2, 0) is 9.59 Å². The summed E-state index contributed by atoms with van der Waals surface area (Å²) in [6, 6.07) is 7.24. The van der Waals surface area contributed by atoms with Crippen LogP contribution in [0.3, 0.4) is 0 Å². The number of fused-ring (bicyclic) bond motifs is 1. The molecule has 1 aliphatic heterocycles. The van der Waals surface area contributed by atoms with Gasteiger partial charge in [0.1, 0.15) is 0 Å². The maximum Gasteiger partial charge on any atom is 0.226 e. The smallest absolute Gasteiger partial charge is 0.226 e.